The summed E-state index contributed by atoms with van der Waals surface area (Å²) in [6, 6.07) is 13.4. The second kappa shape index (κ2) is 6.92. The van der Waals surface area contributed by atoms with E-state index >= 15 is 0 Å². The Morgan fingerprint density at radius 1 is 1.00 bits per heavy atom. The minimum absolute atomic E-state index is 0.0325. The van der Waals surface area contributed by atoms with Crippen LogP contribution >= 0.6 is 15.9 Å². The van der Waals surface area contributed by atoms with Crippen molar-refractivity contribution >= 4 is 21.9 Å². The highest BCUT2D eigenvalue weighted by atomic mass is 79.9. The van der Waals surface area contributed by atoms with E-state index in [9.17, 15) is 9.18 Å². The minimum Gasteiger partial charge on any atom is -0.477 e. The molecule has 0 radical (unpaired) electrons. The molecule has 0 aromatic carbocycles. The van der Waals surface area contributed by atoms with Crippen LogP contribution in [0, 0.1) is 5.95 Å². The van der Waals surface area contributed by atoms with Crippen LogP contribution in [0.5, 0.6) is 0 Å². The van der Waals surface area contributed by atoms with E-state index in [0.717, 1.165) is 0 Å². The molecule has 3 aromatic rings. The van der Waals surface area contributed by atoms with Crippen molar-refractivity contribution in [3.63, 3.8) is 0 Å². The van der Waals surface area contributed by atoms with E-state index in [-0.39, 0.29) is 11.3 Å². The van der Waals surface area contributed by atoms with E-state index in [1.54, 1.807) is 36.4 Å². The van der Waals surface area contributed by atoms with Crippen LogP contribution < -0.4 is 0 Å². The molecule has 26 heavy (non-hydrogen) atoms. The molecule has 0 saturated carbocycles. The number of aromatic carboxylic acids is 1. The fourth-order valence-corrected chi connectivity index (χ4v) is 2.86. The smallest absolute Gasteiger partial charge is 0.354 e. The van der Waals surface area contributed by atoms with Crippen molar-refractivity contribution in [1.29, 1.82) is 0 Å². The first-order valence-electron chi connectivity index (χ1n) is 7.80. The lowest BCUT2D eigenvalue weighted by Crippen LogP contribution is -2.23. The standard InChI is InChI=1S/C19H15BrFN3O2/c1-19(2,15-8-4-6-13(23-15)18(25)26)14-7-3-5-12(22-14)11-9-10-16(20)24-17(11)21/h3-10H,1-2H3,(H,25,26). The van der Waals surface area contributed by atoms with E-state index < -0.39 is 17.3 Å². The Kier molecular flexibility index (Phi) is 4.82. The van der Waals surface area contributed by atoms with Crippen molar-refractivity contribution in [2.45, 2.75) is 19.3 Å². The molecule has 0 amide bonds. The Bertz CT molecular complexity index is 992. The molecular formula is C19H15BrFN3O2. The Hall–Kier alpha value is -2.67. The number of rotatable bonds is 4. The van der Waals surface area contributed by atoms with E-state index in [0.29, 0.717) is 21.7 Å². The Balaban J connectivity index is 2.06. The number of carbonyl (C=O) groups is 1. The maximum atomic E-state index is 14.2. The number of hydrogen-bond acceptors (Lipinski definition) is 4. The summed E-state index contributed by atoms with van der Waals surface area (Å²) in [5.41, 5.74) is 1.25. The molecule has 0 aliphatic rings. The van der Waals surface area contributed by atoms with Gasteiger partial charge in [-0.15, -0.1) is 0 Å². The van der Waals surface area contributed by atoms with Gasteiger partial charge in [0.05, 0.1) is 22.6 Å². The van der Waals surface area contributed by atoms with E-state index in [1.165, 1.54) is 6.07 Å². The van der Waals surface area contributed by atoms with Crippen molar-refractivity contribution in [3.05, 3.63) is 76.2 Å². The molecule has 132 valence electrons. The van der Waals surface area contributed by atoms with Crippen molar-refractivity contribution in [2.75, 3.05) is 0 Å². The second-order valence-corrected chi connectivity index (χ2v) is 7.03. The number of hydrogen-bond donors (Lipinski definition) is 1. The van der Waals surface area contributed by atoms with Crippen molar-refractivity contribution < 1.29 is 14.3 Å². The van der Waals surface area contributed by atoms with Crippen LogP contribution in [0.2, 0.25) is 0 Å². The zero-order valence-electron chi connectivity index (χ0n) is 14.1. The first-order valence-corrected chi connectivity index (χ1v) is 8.59. The quantitative estimate of drug-likeness (QED) is 0.636. The lowest BCUT2D eigenvalue weighted by atomic mass is 9.84. The predicted octanol–water partition coefficient (Wildman–Crippen LogP) is 4.46. The van der Waals surface area contributed by atoms with E-state index in [1.807, 2.05) is 19.9 Å². The summed E-state index contributed by atoms with van der Waals surface area (Å²) < 4.78 is 14.6. The predicted molar refractivity (Wildman–Crippen MR) is 98.5 cm³/mol. The second-order valence-electron chi connectivity index (χ2n) is 6.22. The van der Waals surface area contributed by atoms with Crippen LogP contribution in [-0.2, 0) is 5.41 Å². The van der Waals surface area contributed by atoms with Gasteiger partial charge in [0.25, 0.3) is 0 Å². The molecule has 0 aliphatic carbocycles. The molecule has 0 bridgehead atoms. The Labute approximate surface area is 158 Å². The normalized spacial score (nSPS) is 11.4. The summed E-state index contributed by atoms with van der Waals surface area (Å²) in [5.74, 6) is -1.71. The van der Waals surface area contributed by atoms with Gasteiger partial charge < -0.3 is 5.11 Å². The van der Waals surface area contributed by atoms with Gasteiger partial charge in [-0.05, 0) is 66.2 Å². The topological polar surface area (TPSA) is 76.0 Å². The maximum absolute atomic E-state index is 14.2. The summed E-state index contributed by atoms with van der Waals surface area (Å²) in [6.45, 7) is 3.78. The van der Waals surface area contributed by atoms with Crippen molar-refractivity contribution in [1.82, 2.24) is 15.0 Å². The summed E-state index contributed by atoms with van der Waals surface area (Å²) >= 11 is 3.14. The highest BCUT2D eigenvalue weighted by Gasteiger charge is 2.27. The SMILES string of the molecule is CC(C)(c1cccc(C(=O)O)n1)c1cccc(-c2ccc(Br)nc2F)n1. The first kappa shape index (κ1) is 18.1. The number of carboxylic acids is 1. The molecule has 7 heteroatoms. The third-order valence-corrected chi connectivity index (χ3v) is 4.53. The van der Waals surface area contributed by atoms with Crippen LogP contribution in [-0.4, -0.2) is 26.0 Å². The summed E-state index contributed by atoms with van der Waals surface area (Å²) in [4.78, 5) is 23.7. The Morgan fingerprint density at radius 3 is 2.31 bits per heavy atom. The molecule has 3 heterocycles. The van der Waals surface area contributed by atoms with Crippen LogP contribution in [0.25, 0.3) is 11.3 Å². The highest BCUT2D eigenvalue weighted by Crippen LogP contribution is 2.31. The molecule has 0 atom stereocenters. The summed E-state index contributed by atoms with van der Waals surface area (Å²) in [5, 5.41) is 9.16. The van der Waals surface area contributed by atoms with Crippen molar-refractivity contribution in [2.24, 2.45) is 0 Å². The summed E-state index contributed by atoms with van der Waals surface area (Å²) in [6.07, 6.45) is 0. The molecule has 0 aliphatic heterocycles. The van der Waals surface area contributed by atoms with Gasteiger partial charge in [-0.25, -0.2) is 14.8 Å². The average Bonchev–Trinajstić information content (AvgIpc) is 2.62. The molecule has 1 N–H and O–H groups in total. The zero-order valence-corrected chi connectivity index (χ0v) is 15.7. The third kappa shape index (κ3) is 3.48. The van der Waals surface area contributed by atoms with Gasteiger partial charge in [0.2, 0.25) is 5.95 Å². The van der Waals surface area contributed by atoms with Crippen LogP contribution in [0.15, 0.2) is 53.1 Å². The van der Waals surface area contributed by atoms with Crippen LogP contribution in [0.3, 0.4) is 0 Å². The molecule has 3 rings (SSSR count). The molecular weight excluding hydrogens is 401 g/mol. The molecule has 0 saturated heterocycles. The molecule has 0 spiro atoms. The fraction of sp³-hybridized carbons (Fsp3) is 0.158. The maximum Gasteiger partial charge on any atom is 0.354 e. The molecule has 5 nitrogen and oxygen atoms in total. The number of halogens is 2. The van der Waals surface area contributed by atoms with Gasteiger partial charge >= 0.3 is 5.97 Å². The number of nitrogens with zero attached hydrogens (tertiary/aromatic N) is 3. The van der Waals surface area contributed by atoms with Gasteiger partial charge in [0.1, 0.15) is 10.3 Å². The monoisotopic (exact) mass is 415 g/mol. The lowest BCUT2D eigenvalue weighted by molar-refractivity contribution is 0.0690. The minimum atomic E-state index is -1.09. The lowest BCUT2D eigenvalue weighted by Gasteiger charge is -2.24. The molecule has 0 fully saturated rings. The van der Waals surface area contributed by atoms with Gasteiger partial charge in [-0.1, -0.05) is 12.1 Å². The van der Waals surface area contributed by atoms with Crippen LogP contribution in [0.4, 0.5) is 4.39 Å². The van der Waals surface area contributed by atoms with Gasteiger partial charge in [0.15, 0.2) is 0 Å². The van der Waals surface area contributed by atoms with Crippen LogP contribution in [0.1, 0.15) is 35.7 Å². The largest absolute Gasteiger partial charge is 0.477 e. The average molecular weight is 416 g/mol. The molecule has 3 aromatic heterocycles. The highest BCUT2D eigenvalue weighted by molar-refractivity contribution is 9.10. The van der Waals surface area contributed by atoms with Gasteiger partial charge in [-0.3, -0.25) is 4.98 Å². The fourth-order valence-electron chi connectivity index (χ4n) is 2.57. The number of carboxylic acid groups (broad SMARTS) is 1. The number of aromatic nitrogens is 3. The first-order chi connectivity index (χ1) is 12.3. The van der Waals surface area contributed by atoms with E-state index in [2.05, 4.69) is 30.9 Å². The third-order valence-electron chi connectivity index (χ3n) is 4.09. The molecule has 0 unspecified atom stereocenters. The van der Waals surface area contributed by atoms with Crippen molar-refractivity contribution in [3.8, 4) is 11.3 Å². The Morgan fingerprint density at radius 2 is 1.65 bits per heavy atom. The van der Waals surface area contributed by atoms with Gasteiger partial charge in [0, 0.05) is 5.41 Å². The number of pyridine rings is 3. The van der Waals surface area contributed by atoms with Gasteiger partial charge in [-0.2, -0.15) is 4.39 Å². The van der Waals surface area contributed by atoms with E-state index in [4.69, 9.17) is 5.11 Å². The zero-order chi connectivity index (χ0) is 18.9. The summed E-state index contributed by atoms with van der Waals surface area (Å²) in [7, 11) is 0.